The van der Waals surface area contributed by atoms with Gasteiger partial charge in [-0.15, -0.1) is 0 Å². The second-order valence-electron chi connectivity index (χ2n) is 9.42. The number of fused-ring (bicyclic) bond motifs is 1. The summed E-state index contributed by atoms with van der Waals surface area (Å²) < 4.78 is 17.7. The maximum absolute atomic E-state index is 12.4. The van der Waals surface area contributed by atoms with Crippen molar-refractivity contribution < 1.29 is 28.6 Å². The molecule has 0 bridgehead atoms. The van der Waals surface area contributed by atoms with E-state index in [1.165, 1.54) is 13.0 Å². The molecule has 2 aliphatic heterocycles. The number of cyclic esters (lactones) is 1. The Bertz CT molecular complexity index is 709. The molecule has 0 aliphatic carbocycles. The smallest absolute Gasteiger partial charge is 0.330 e. The molecule has 0 saturated carbocycles. The summed E-state index contributed by atoms with van der Waals surface area (Å²) in [5.74, 6) is -0.960. The van der Waals surface area contributed by atoms with Gasteiger partial charge in [0.05, 0.1) is 18.1 Å². The molecule has 0 unspecified atom stereocenters. The summed E-state index contributed by atoms with van der Waals surface area (Å²) in [6, 6.07) is 0. The standard InChI is InChI=1S/C25H38O6/c1-6-13-25(5)16-22-21(31-25)11-8-17(2)7-10-20(15-19(4)26)29-24(28)14-18(3)9-12-23(27)30-22/h7,9,12,18,20-22H,6,8,10-11,13-16H2,1-5H3/b12-9+,17-7+/t18-,20-,21+,22-,25-/m1/s1. The molecule has 174 valence electrons. The van der Waals surface area contributed by atoms with Crippen molar-refractivity contribution in [3.8, 4) is 0 Å². The van der Waals surface area contributed by atoms with Crippen LogP contribution in [0.15, 0.2) is 23.8 Å². The normalized spacial score (nSPS) is 36.0. The van der Waals surface area contributed by atoms with Crippen LogP contribution in [0.1, 0.15) is 86.0 Å². The Hall–Kier alpha value is -1.95. The highest BCUT2D eigenvalue weighted by atomic mass is 16.6. The van der Waals surface area contributed by atoms with E-state index >= 15 is 0 Å². The third-order valence-corrected chi connectivity index (χ3v) is 5.95. The van der Waals surface area contributed by atoms with Crippen molar-refractivity contribution in [3.05, 3.63) is 23.8 Å². The lowest BCUT2D eigenvalue weighted by Gasteiger charge is -2.23. The number of hydrogen-bond acceptors (Lipinski definition) is 6. The van der Waals surface area contributed by atoms with Crippen molar-refractivity contribution in [2.45, 2.75) is 110 Å². The number of Topliss-reactive ketones (excluding diaryl/α,β-unsaturated/α-hetero) is 1. The van der Waals surface area contributed by atoms with Crippen LogP contribution >= 0.6 is 0 Å². The first-order valence-electron chi connectivity index (χ1n) is 11.5. The lowest BCUT2D eigenvalue weighted by molar-refractivity contribution is -0.151. The molecule has 0 aromatic carbocycles. The van der Waals surface area contributed by atoms with Gasteiger partial charge in [0.2, 0.25) is 0 Å². The molecule has 5 atom stereocenters. The van der Waals surface area contributed by atoms with Gasteiger partial charge >= 0.3 is 11.9 Å². The van der Waals surface area contributed by atoms with E-state index in [-0.39, 0.29) is 48.3 Å². The maximum atomic E-state index is 12.4. The third kappa shape index (κ3) is 8.60. The second-order valence-corrected chi connectivity index (χ2v) is 9.42. The summed E-state index contributed by atoms with van der Waals surface area (Å²) in [5.41, 5.74) is 0.858. The van der Waals surface area contributed by atoms with E-state index in [0.29, 0.717) is 12.8 Å². The molecule has 6 heteroatoms. The number of rotatable bonds is 4. The van der Waals surface area contributed by atoms with E-state index in [2.05, 4.69) is 13.8 Å². The molecular weight excluding hydrogens is 396 g/mol. The third-order valence-electron chi connectivity index (χ3n) is 5.95. The zero-order valence-electron chi connectivity index (χ0n) is 19.6. The van der Waals surface area contributed by atoms with Crippen LogP contribution < -0.4 is 0 Å². The first-order valence-corrected chi connectivity index (χ1v) is 11.5. The number of carbonyl (C=O) groups is 3. The summed E-state index contributed by atoms with van der Waals surface area (Å²) in [5, 5.41) is 0. The maximum Gasteiger partial charge on any atom is 0.330 e. The minimum atomic E-state index is -0.461. The first kappa shape index (κ1) is 25.3. The van der Waals surface area contributed by atoms with Gasteiger partial charge in [-0.05, 0) is 46.0 Å². The van der Waals surface area contributed by atoms with Gasteiger partial charge < -0.3 is 14.2 Å². The fraction of sp³-hybridized carbons (Fsp3) is 0.720. The van der Waals surface area contributed by atoms with Crippen molar-refractivity contribution >= 4 is 17.7 Å². The Balaban J connectivity index is 2.20. The predicted molar refractivity (Wildman–Crippen MR) is 118 cm³/mol. The highest BCUT2D eigenvalue weighted by molar-refractivity contribution is 5.82. The summed E-state index contributed by atoms with van der Waals surface area (Å²) in [7, 11) is 0. The largest absolute Gasteiger partial charge is 0.462 e. The van der Waals surface area contributed by atoms with Crippen LogP contribution in [0, 0.1) is 5.92 Å². The summed E-state index contributed by atoms with van der Waals surface area (Å²) in [6.07, 6.45) is 9.24. The topological polar surface area (TPSA) is 78.9 Å². The Kier molecular flexibility index (Phi) is 9.48. The summed E-state index contributed by atoms with van der Waals surface area (Å²) in [6.45, 7) is 9.60. The average Bonchev–Trinajstić information content (AvgIpc) is 2.97. The van der Waals surface area contributed by atoms with Crippen LogP contribution in [0.2, 0.25) is 0 Å². The summed E-state index contributed by atoms with van der Waals surface area (Å²) in [4.78, 5) is 36.3. The minimum absolute atomic E-state index is 0.00801. The van der Waals surface area contributed by atoms with E-state index in [4.69, 9.17) is 14.2 Å². The zero-order chi connectivity index (χ0) is 23.0. The van der Waals surface area contributed by atoms with Gasteiger partial charge in [-0.25, -0.2) is 4.79 Å². The average molecular weight is 435 g/mol. The van der Waals surface area contributed by atoms with Gasteiger partial charge in [-0.3, -0.25) is 9.59 Å². The van der Waals surface area contributed by atoms with Crippen LogP contribution in [0.4, 0.5) is 0 Å². The second kappa shape index (κ2) is 11.6. The lowest BCUT2D eigenvalue weighted by atomic mass is 9.94. The zero-order valence-corrected chi connectivity index (χ0v) is 19.6. The quantitative estimate of drug-likeness (QED) is 0.465. The molecule has 0 N–H and O–H groups in total. The first-order chi connectivity index (χ1) is 14.6. The number of ketones is 1. The highest BCUT2D eigenvalue weighted by Crippen LogP contribution is 2.38. The molecule has 0 amide bonds. The molecule has 2 aliphatic rings. The van der Waals surface area contributed by atoms with Crippen molar-refractivity contribution in [3.63, 3.8) is 0 Å². The predicted octanol–water partition coefficient (Wildman–Crippen LogP) is 4.85. The number of hydrogen-bond donors (Lipinski definition) is 0. The number of ether oxygens (including phenoxy) is 3. The SMILES string of the molecule is CCC[C@]1(C)C[C@H]2OC(=O)/C=C/[C@@H](C)CC(=O)O[C@@H](CC(C)=O)C/C=C(\C)CC[C@@H]2O1. The van der Waals surface area contributed by atoms with Crippen molar-refractivity contribution in [2.24, 2.45) is 5.92 Å². The van der Waals surface area contributed by atoms with Gasteiger partial charge in [0, 0.05) is 25.3 Å². The van der Waals surface area contributed by atoms with E-state index in [9.17, 15) is 14.4 Å². The highest BCUT2D eigenvalue weighted by Gasteiger charge is 2.44. The Morgan fingerprint density at radius 3 is 2.65 bits per heavy atom. The molecule has 2 heterocycles. The van der Waals surface area contributed by atoms with Crippen LogP contribution in [-0.4, -0.2) is 41.6 Å². The number of esters is 2. The van der Waals surface area contributed by atoms with Crippen molar-refractivity contribution in [2.75, 3.05) is 0 Å². The number of carbonyl (C=O) groups excluding carboxylic acids is 3. The monoisotopic (exact) mass is 434 g/mol. The van der Waals surface area contributed by atoms with E-state index in [1.54, 1.807) is 6.08 Å². The van der Waals surface area contributed by atoms with Gasteiger partial charge in [0.1, 0.15) is 18.0 Å². The van der Waals surface area contributed by atoms with Gasteiger partial charge in [-0.2, -0.15) is 0 Å². The molecule has 0 aromatic rings. The Morgan fingerprint density at radius 2 is 1.97 bits per heavy atom. The molecule has 2 rings (SSSR count). The van der Waals surface area contributed by atoms with E-state index < -0.39 is 12.1 Å². The van der Waals surface area contributed by atoms with Crippen LogP contribution in [0.5, 0.6) is 0 Å². The lowest BCUT2D eigenvalue weighted by Crippen LogP contribution is -2.27. The van der Waals surface area contributed by atoms with Crippen molar-refractivity contribution in [1.29, 1.82) is 0 Å². The molecule has 31 heavy (non-hydrogen) atoms. The fourth-order valence-electron chi connectivity index (χ4n) is 4.39. The Morgan fingerprint density at radius 1 is 1.23 bits per heavy atom. The minimum Gasteiger partial charge on any atom is -0.462 e. The molecular formula is C25H38O6. The van der Waals surface area contributed by atoms with Crippen LogP contribution in [-0.2, 0) is 28.6 Å². The molecule has 1 saturated heterocycles. The van der Waals surface area contributed by atoms with Crippen molar-refractivity contribution in [1.82, 2.24) is 0 Å². The number of allylic oxidation sites excluding steroid dienone is 2. The molecule has 6 nitrogen and oxygen atoms in total. The summed E-state index contributed by atoms with van der Waals surface area (Å²) >= 11 is 0. The molecule has 0 spiro atoms. The van der Waals surface area contributed by atoms with E-state index in [0.717, 1.165) is 31.3 Å². The van der Waals surface area contributed by atoms with Gasteiger partial charge in [0.25, 0.3) is 0 Å². The van der Waals surface area contributed by atoms with E-state index in [1.807, 2.05) is 19.9 Å². The molecule has 0 aromatic heterocycles. The Labute approximate surface area is 186 Å². The van der Waals surface area contributed by atoms with Crippen LogP contribution in [0.3, 0.4) is 0 Å². The fourth-order valence-corrected chi connectivity index (χ4v) is 4.39. The van der Waals surface area contributed by atoms with Crippen LogP contribution in [0.25, 0.3) is 0 Å². The van der Waals surface area contributed by atoms with Gasteiger partial charge in [0.15, 0.2) is 0 Å². The van der Waals surface area contributed by atoms with Gasteiger partial charge in [-0.1, -0.05) is 38.0 Å². The molecule has 1 fully saturated rings. The molecule has 0 radical (unpaired) electrons.